The molecule has 1 atom stereocenters. The number of benzene rings is 2. The number of anilines is 2. The maximum absolute atomic E-state index is 9.50. The fourth-order valence-electron chi connectivity index (χ4n) is 2.44. The third kappa shape index (κ3) is 2.70. The Labute approximate surface area is 129 Å². The zero-order valence-corrected chi connectivity index (χ0v) is 12.6. The van der Waals surface area contributed by atoms with Gasteiger partial charge < -0.3 is 20.9 Å². The molecule has 1 unspecified atom stereocenters. The predicted molar refractivity (Wildman–Crippen MR) is 89.1 cm³/mol. The summed E-state index contributed by atoms with van der Waals surface area (Å²) in [4.78, 5) is 4.67. The predicted octanol–water partition coefficient (Wildman–Crippen LogP) is 3.60. The van der Waals surface area contributed by atoms with Gasteiger partial charge in [0.1, 0.15) is 17.3 Å². The van der Waals surface area contributed by atoms with Crippen molar-refractivity contribution in [3.8, 4) is 11.5 Å². The molecule has 0 amide bonds. The van der Waals surface area contributed by atoms with Crippen molar-refractivity contribution in [1.82, 2.24) is 0 Å². The van der Waals surface area contributed by atoms with Crippen molar-refractivity contribution in [2.45, 2.75) is 26.4 Å². The lowest BCUT2D eigenvalue weighted by Gasteiger charge is -2.28. The number of fused-ring (bicyclic) bond motifs is 1. The molecule has 5 heteroatoms. The third-order valence-corrected chi connectivity index (χ3v) is 3.63. The average molecular weight is 297 g/mol. The van der Waals surface area contributed by atoms with Crippen molar-refractivity contribution >= 4 is 22.9 Å². The van der Waals surface area contributed by atoms with Gasteiger partial charge in [0.15, 0.2) is 6.10 Å². The van der Waals surface area contributed by atoms with Gasteiger partial charge >= 0.3 is 0 Å². The standard InChI is InChI=1S/C17H19N3O2/c1-3-15-17(19-13-7-5-12(21)8-10(13)2)20-14-6-4-11(18)9-16(14)22-15/h4-9,15,21H,3,18H2,1-2H3,(H,19,20). The Morgan fingerprint density at radius 3 is 2.82 bits per heavy atom. The zero-order chi connectivity index (χ0) is 15.7. The minimum absolute atomic E-state index is 0.150. The molecule has 0 aliphatic carbocycles. The number of phenols is 1. The highest BCUT2D eigenvalue weighted by atomic mass is 16.5. The molecule has 0 bridgehead atoms. The van der Waals surface area contributed by atoms with E-state index in [-0.39, 0.29) is 11.9 Å². The lowest BCUT2D eigenvalue weighted by atomic mass is 10.1. The van der Waals surface area contributed by atoms with Crippen LogP contribution >= 0.6 is 0 Å². The molecule has 2 aromatic carbocycles. The molecular formula is C17H19N3O2. The van der Waals surface area contributed by atoms with Crippen molar-refractivity contribution in [1.29, 1.82) is 0 Å². The summed E-state index contributed by atoms with van der Waals surface area (Å²) in [6.45, 7) is 3.96. The topological polar surface area (TPSA) is 79.9 Å². The highest BCUT2D eigenvalue weighted by Gasteiger charge is 2.24. The van der Waals surface area contributed by atoms with Crippen LogP contribution in [0.4, 0.5) is 17.1 Å². The second-order valence-electron chi connectivity index (χ2n) is 5.36. The molecule has 1 aliphatic rings. The summed E-state index contributed by atoms with van der Waals surface area (Å²) < 4.78 is 5.99. The van der Waals surface area contributed by atoms with Crippen LogP contribution in [0.15, 0.2) is 41.4 Å². The van der Waals surface area contributed by atoms with Gasteiger partial charge in [-0.2, -0.15) is 0 Å². The first kappa shape index (κ1) is 14.3. The Morgan fingerprint density at radius 2 is 2.09 bits per heavy atom. The molecule has 114 valence electrons. The zero-order valence-electron chi connectivity index (χ0n) is 12.6. The van der Waals surface area contributed by atoms with Gasteiger partial charge in [0, 0.05) is 11.8 Å². The molecule has 3 rings (SSSR count). The molecule has 22 heavy (non-hydrogen) atoms. The summed E-state index contributed by atoms with van der Waals surface area (Å²) in [7, 11) is 0. The first-order valence-corrected chi connectivity index (χ1v) is 7.28. The molecule has 1 aliphatic heterocycles. The Balaban J connectivity index is 1.99. The number of phenolic OH excluding ortho intramolecular Hbond substituents is 1. The smallest absolute Gasteiger partial charge is 0.156 e. The molecule has 5 nitrogen and oxygen atoms in total. The van der Waals surface area contributed by atoms with Crippen LogP contribution in [0.2, 0.25) is 0 Å². The summed E-state index contributed by atoms with van der Waals surface area (Å²) in [5, 5.41) is 12.8. The molecule has 0 spiro atoms. The number of amidine groups is 1. The number of hydrogen-bond donors (Lipinski definition) is 3. The number of nitrogens with zero attached hydrogens (tertiary/aromatic N) is 1. The minimum Gasteiger partial charge on any atom is -0.508 e. The number of aryl methyl sites for hydroxylation is 1. The highest BCUT2D eigenvalue weighted by molar-refractivity contribution is 6.03. The van der Waals surface area contributed by atoms with E-state index in [4.69, 9.17) is 10.5 Å². The second-order valence-corrected chi connectivity index (χ2v) is 5.36. The minimum atomic E-state index is -0.150. The Morgan fingerprint density at radius 1 is 1.27 bits per heavy atom. The number of nitrogens with two attached hydrogens (primary N) is 1. The summed E-state index contributed by atoms with van der Waals surface area (Å²) in [5.74, 6) is 1.74. The molecule has 0 saturated heterocycles. The van der Waals surface area contributed by atoms with E-state index in [0.717, 1.165) is 34.9 Å². The molecule has 4 N–H and O–H groups in total. The van der Waals surface area contributed by atoms with Crippen LogP contribution in [0, 0.1) is 6.92 Å². The van der Waals surface area contributed by atoms with Gasteiger partial charge in [-0.25, -0.2) is 4.99 Å². The quantitative estimate of drug-likeness (QED) is 0.740. The first-order chi connectivity index (χ1) is 10.6. The van der Waals surface area contributed by atoms with Crippen molar-refractivity contribution in [3.63, 3.8) is 0 Å². The molecule has 1 heterocycles. The van der Waals surface area contributed by atoms with E-state index in [9.17, 15) is 5.11 Å². The van der Waals surface area contributed by atoms with Gasteiger partial charge in [-0.3, -0.25) is 0 Å². The number of aromatic hydroxyl groups is 1. The largest absolute Gasteiger partial charge is 0.508 e. The van der Waals surface area contributed by atoms with E-state index in [1.807, 2.05) is 32.0 Å². The van der Waals surface area contributed by atoms with Gasteiger partial charge in [-0.15, -0.1) is 0 Å². The Bertz CT molecular complexity index is 741. The van der Waals surface area contributed by atoms with Gasteiger partial charge in [0.2, 0.25) is 0 Å². The fourth-order valence-corrected chi connectivity index (χ4v) is 2.44. The number of nitrogen functional groups attached to an aromatic ring is 1. The van der Waals surface area contributed by atoms with Gasteiger partial charge in [0.25, 0.3) is 0 Å². The number of rotatable bonds is 2. The molecule has 0 radical (unpaired) electrons. The summed E-state index contributed by atoms with van der Waals surface area (Å²) in [6.07, 6.45) is 0.638. The van der Waals surface area contributed by atoms with Crippen LogP contribution in [-0.4, -0.2) is 17.0 Å². The average Bonchev–Trinajstić information content (AvgIpc) is 2.49. The van der Waals surface area contributed by atoms with Gasteiger partial charge in [-0.05, 0) is 49.2 Å². The number of aliphatic imine (C=N–C) groups is 1. The normalized spacial score (nSPS) is 18.5. The summed E-state index contributed by atoms with van der Waals surface area (Å²) in [6, 6.07) is 10.6. The van der Waals surface area contributed by atoms with Crippen molar-refractivity contribution < 1.29 is 9.84 Å². The van der Waals surface area contributed by atoms with E-state index >= 15 is 0 Å². The fraction of sp³-hybridized carbons (Fsp3) is 0.235. The monoisotopic (exact) mass is 297 g/mol. The van der Waals surface area contributed by atoms with Crippen LogP contribution in [-0.2, 0) is 0 Å². The van der Waals surface area contributed by atoms with Crippen LogP contribution in [0.5, 0.6) is 11.5 Å². The number of hydrogen-bond acceptors (Lipinski definition) is 4. The van der Waals surface area contributed by atoms with E-state index in [0.29, 0.717) is 5.69 Å². The second kappa shape index (κ2) is 5.60. The lowest BCUT2D eigenvalue weighted by molar-refractivity contribution is 0.259. The Kier molecular flexibility index (Phi) is 3.63. The van der Waals surface area contributed by atoms with Gasteiger partial charge in [0.05, 0.1) is 11.4 Å². The highest BCUT2D eigenvalue weighted by Crippen LogP contribution is 2.33. The summed E-state index contributed by atoms with van der Waals surface area (Å²) in [5.41, 5.74) is 9.04. The van der Waals surface area contributed by atoms with Crippen LogP contribution < -0.4 is 15.8 Å². The van der Waals surface area contributed by atoms with Crippen molar-refractivity contribution in [2.75, 3.05) is 11.1 Å². The number of ether oxygens (including phenoxy) is 1. The molecular weight excluding hydrogens is 278 g/mol. The maximum atomic E-state index is 9.50. The van der Waals surface area contributed by atoms with Gasteiger partial charge in [-0.1, -0.05) is 6.92 Å². The van der Waals surface area contributed by atoms with E-state index < -0.39 is 0 Å². The van der Waals surface area contributed by atoms with Crippen LogP contribution in [0.1, 0.15) is 18.9 Å². The SMILES string of the molecule is CCC1Oc2cc(N)ccc2NC1=Nc1ccc(O)cc1C. The van der Waals surface area contributed by atoms with Crippen LogP contribution in [0.25, 0.3) is 0 Å². The molecule has 2 aromatic rings. The van der Waals surface area contributed by atoms with E-state index in [1.165, 1.54) is 0 Å². The Hall–Kier alpha value is -2.69. The first-order valence-electron chi connectivity index (χ1n) is 7.28. The van der Waals surface area contributed by atoms with E-state index in [1.54, 1.807) is 18.2 Å². The van der Waals surface area contributed by atoms with E-state index in [2.05, 4.69) is 10.3 Å². The maximum Gasteiger partial charge on any atom is 0.156 e. The molecule has 0 aromatic heterocycles. The third-order valence-electron chi connectivity index (χ3n) is 3.63. The lowest BCUT2D eigenvalue weighted by Crippen LogP contribution is -2.36. The molecule has 0 saturated carbocycles. The summed E-state index contributed by atoms with van der Waals surface area (Å²) >= 11 is 0. The molecule has 0 fully saturated rings. The van der Waals surface area contributed by atoms with Crippen molar-refractivity contribution in [3.05, 3.63) is 42.0 Å². The van der Waals surface area contributed by atoms with Crippen molar-refractivity contribution in [2.24, 2.45) is 4.99 Å². The number of nitrogens with one attached hydrogen (secondary N) is 1. The van der Waals surface area contributed by atoms with Crippen LogP contribution in [0.3, 0.4) is 0 Å².